The minimum Gasteiger partial charge on any atom is -0.365 e. The zero-order chi connectivity index (χ0) is 12.4. The molecular weight excluding hydrogens is 228 g/mol. The highest BCUT2D eigenvalue weighted by molar-refractivity contribution is 7.80. The van der Waals surface area contributed by atoms with Crippen LogP contribution in [0.3, 0.4) is 0 Å². The molecule has 1 aliphatic heterocycles. The Labute approximate surface area is 109 Å². The molecule has 2 nitrogen and oxygen atoms in total. The quantitative estimate of drug-likeness (QED) is 0.769. The first-order valence-corrected chi connectivity index (χ1v) is 6.66. The first-order valence-electron chi connectivity index (χ1n) is 6.25. The summed E-state index contributed by atoms with van der Waals surface area (Å²) in [6, 6.07) is 6.78. The molecule has 1 aliphatic rings. The van der Waals surface area contributed by atoms with Crippen LogP contribution in [0, 0.1) is 0 Å². The highest BCUT2D eigenvalue weighted by Crippen LogP contribution is 2.30. The van der Waals surface area contributed by atoms with Gasteiger partial charge in [0.25, 0.3) is 0 Å². The van der Waals surface area contributed by atoms with Gasteiger partial charge >= 0.3 is 0 Å². The third-order valence-electron chi connectivity index (χ3n) is 3.35. The van der Waals surface area contributed by atoms with Gasteiger partial charge in [-0.2, -0.15) is 0 Å². The average Bonchev–Trinajstić information content (AvgIpc) is 2.36. The number of anilines is 1. The van der Waals surface area contributed by atoms with Crippen molar-refractivity contribution in [3.63, 3.8) is 0 Å². The van der Waals surface area contributed by atoms with Crippen LogP contribution in [0.15, 0.2) is 18.2 Å². The third-order valence-corrected chi connectivity index (χ3v) is 3.77. The molecule has 0 unspecified atom stereocenters. The molecule has 1 N–H and O–H groups in total. The Kier molecular flexibility index (Phi) is 3.67. The van der Waals surface area contributed by atoms with Gasteiger partial charge in [0.05, 0.1) is 0 Å². The van der Waals surface area contributed by atoms with Gasteiger partial charge in [-0.15, -0.1) is 0 Å². The van der Waals surface area contributed by atoms with Gasteiger partial charge in [-0.1, -0.05) is 26.0 Å². The smallest absolute Gasteiger partial charge is 0.173 e. The Morgan fingerprint density at radius 3 is 2.82 bits per heavy atom. The van der Waals surface area contributed by atoms with Gasteiger partial charge < -0.3 is 10.2 Å². The van der Waals surface area contributed by atoms with Crippen molar-refractivity contribution in [2.24, 2.45) is 0 Å². The number of aryl methyl sites for hydroxylation is 1. The molecule has 1 heterocycles. The maximum Gasteiger partial charge on any atom is 0.173 e. The van der Waals surface area contributed by atoms with Crippen LogP contribution in [-0.4, -0.2) is 18.7 Å². The number of thiocarbonyl (C=S) groups is 1. The monoisotopic (exact) mass is 248 g/mol. The molecule has 0 amide bonds. The second kappa shape index (κ2) is 5.05. The summed E-state index contributed by atoms with van der Waals surface area (Å²) in [4.78, 5) is 2.21. The van der Waals surface area contributed by atoms with Gasteiger partial charge in [0.15, 0.2) is 5.11 Å². The summed E-state index contributed by atoms with van der Waals surface area (Å²) >= 11 is 5.35. The van der Waals surface area contributed by atoms with E-state index in [0.29, 0.717) is 5.92 Å². The van der Waals surface area contributed by atoms with Crippen molar-refractivity contribution in [1.82, 2.24) is 5.32 Å². The Balaban J connectivity index is 2.36. The summed E-state index contributed by atoms with van der Waals surface area (Å²) < 4.78 is 0. The SMILES string of the molecule is CNC(=S)N1CCCc2cc(C(C)C)ccc21. The fourth-order valence-corrected chi connectivity index (χ4v) is 2.51. The molecule has 17 heavy (non-hydrogen) atoms. The lowest BCUT2D eigenvalue weighted by Gasteiger charge is -2.31. The van der Waals surface area contributed by atoms with Gasteiger partial charge in [0.1, 0.15) is 0 Å². The van der Waals surface area contributed by atoms with E-state index in [2.05, 4.69) is 42.3 Å². The lowest BCUT2D eigenvalue weighted by molar-refractivity contribution is 0.766. The van der Waals surface area contributed by atoms with Crippen LogP contribution in [0.5, 0.6) is 0 Å². The van der Waals surface area contributed by atoms with Gasteiger partial charge in [-0.25, -0.2) is 0 Å². The van der Waals surface area contributed by atoms with Crippen LogP contribution in [0.25, 0.3) is 0 Å². The van der Waals surface area contributed by atoms with Gasteiger partial charge in [-0.3, -0.25) is 0 Å². The lowest BCUT2D eigenvalue weighted by Crippen LogP contribution is -2.41. The molecule has 2 rings (SSSR count). The Bertz CT molecular complexity index is 426. The zero-order valence-electron chi connectivity index (χ0n) is 10.8. The molecule has 0 fully saturated rings. The standard InChI is InChI=1S/C14H20N2S/c1-10(2)11-6-7-13-12(9-11)5-4-8-16(13)14(17)15-3/h6-7,9-10H,4-5,8H2,1-3H3,(H,15,17). The number of nitrogens with zero attached hydrogens (tertiary/aromatic N) is 1. The molecule has 3 heteroatoms. The number of hydrogen-bond donors (Lipinski definition) is 1. The molecule has 1 aromatic carbocycles. The average molecular weight is 248 g/mol. The van der Waals surface area contributed by atoms with Crippen molar-refractivity contribution < 1.29 is 0 Å². The summed E-state index contributed by atoms with van der Waals surface area (Å²) in [5.74, 6) is 0.590. The summed E-state index contributed by atoms with van der Waals surface area (Å²) in [6.07, 6.45) is 2.34. The second-order valence-corrected chi connectivity index (χ2v) is 5.24. The number of rotatable bonds is 1. The fraction of sp³-hybridized carbons (Fsp3) is 0.500. The second-order valence-electron chi connectivity index (χ2n) is 4.85. The highest BCUT2D eigenvalue weighted by atomic mass is 32.1. The molecule has 0 spiro atoms. The van der Waals surface area contributed by atoms with E-state index in [0.717, 1.165) is 11.7 Å². The topological polar surface area (TPSA) is 15.3 Å². The molecule has 0 saturated heterocycles. The van der Waals surface area contributed by atoms with E-state index < -0.39 is 0 Å². The third kappa shape index (κ3) is 2.44. The van der Waals surface area contributed by atoms with E-state index in [-0.39, 0.29) is 0 Å². The van der Waals surface area contributed by atoms with Crippen molar-refractivity contribution in [3.8, 4) is 0 Å². The van der Waals surface area contributed by atoms with Crippen LogP contribution < -0.4 is 10.2 Å². The molecule has 0 atom stereocenters. The van der Waals surface area contributed by atoms with Crippen molar-refractivity contribution in [3.05, 3.63) is 29.3 Å². The van der Waals surface area contributed by atoms with Crippen LogP contribution in [0.1, 0.15) is 37.3 Å². The molecule has 0 bridgehead atoms. The first kappa shape index (κ1) is 12.4. The number of nitrogens with one attached hydrogen (secondary N) is 1. The van der Waals surface area contributed by atoms with E-state index in [4.69, 9.17) is 12.2 Å². The molecular formula is C14H20N2S. The number of hydrogen-bond acceptors (Lipinski definition) is 1. The van der Waals surface area contributed by atoms with Crippen LogP contribution in [0.4, 0.5) is 5.69 Å². The van der Waals surface area contributed by atoms with E-state index in [1.807, 2.05) is 7.05 Å². The van der Waals surface area contributed by atoms with E-state index in [1.54, 1.807) is 0 Å². The zero-order valence-corrected chi connectivity index (χ0v) is 11.6. The summed E-state index contributed by atoms with van der Waals surface area (Å²) in [7, 11) is 1.89. The molecule has 0 radical (unpaired) electrons. The fourth-order valence-electron chi connectivity index (χ4n) is 2.32. The van der Waals surface area contributed by atoms with Crippen LogP contribution in [0.2, 0.25) is 0 Å². The van der Waals surface area contributed by atoms with E-state index >= 15 is 0 Å². The normalized spacial score (nSPS) is 14.7. The molecule has 1 aromatic rings. The Hall–Kier alpha value is -1.09. The predicted molar refractivity (Wildman–Crippen MR) is 77.9 cm³/mol. The minimum absolute atomic E-state index is 0.590. The van der Waals surface area contributed by atoms with Gasteiger partial charge in [-0.05, 0) is 48.2 Å². The van der Waals surface area contributed by atoms with E-state index in [9.17, 15) is 0 Å². The number of fused-ring (bicyclic) bond motifs is 1. The van der Waals surface area contributed by atoms with Crippen LogP contribution in [-0.2, 0) is 6.42 Å². The Morgan fingerprint density at radius 2 is 2.18 bits per heavy atom. The summed E-state index contributed by atoms with van der Waals surface area (Å²) in [6.45, 7) is 5.49. The van der Waals surface area contributed by atoms with E-state index in [1.165, 1.54) is 29.7 Å². The molecule has 92 valence electrons. The maximum atomic E-state index is 5.35. The number of benzene rings is 1. The highest BCUT2D eigenvalue weighted by Gasteiger charge is 2.19. The first-order chi connectivity index (χ1) is 8.13. The van der Waals surface area contributed by atoms with Crippen molar-refractivity contribution in [2.45, 2.75) is 32.6 Å². The van der Waals surface area contributed by atoms with Crippen molar-refractivity contribution in [1.29, 1.82) is 0 Å². The molecule has 0 aromatic heterocycles. The summed E-state index contributed by atoms with van der Waals surface area (Å²) in [5, 5.41) is 3.89. The maximum absolute atomic E-state index is 5.35. The molecule has 0 saturated carbocycles. The van der Waals surface area contributed by atoms with Crippen molar-refractivity contribution >= 4 is 23.0 Å². The van der Waals surface area contributed by atoms with Gasteiger partial charge in [0.2, 0.25) is 0 Å². The van der Waals surface area contributed by atoms with Crippen molar-refractivity contribution in [2.75, 3.05) is 18.5 Å². The van der Waals surface area contributed by atoms with Crippen LogP contribution >= 0.6 is 12.2 Å². The predicted octanol–water partition coefficient (Wildman–Crippen LogP) is 3.07. The largest absolute Gasteiger partial charge is 0.365 e. The summed E-state index contributed by atoms with van der Waals surface area (Å²) in [5.41, 5.74) is 4.13. The van der Waals surface area contributed by atoms with Gasteiger partial charge in [0, 0.05) is 19.3 Å². The molecule has 0 aliphatic carbocycles. The lowest BCUT2D eigenvalue weighted by atomic mass is 9.95. The Morgan fingerprint density at radius 1 is 1.41 bits per heavy atom. The minimum atomic E-state index is 0.590.